The van der Waals surface area contributed by atoms with E-state index in [2.05, 4.69) is 10.6 Å². The lowest BCUT2D eigenvalue weighted by atomic mass is 9.57. The summed E-state index contributed by atoms with van der Waals surface area (Å²) in [5.41, 5.74) is 2.03. The molecule has 0 bridgehead atoms. The molecule has 1 fully saturated rings. The molecule has 1 saturated carbocycles. The number of benzene rings is 2. The van der Waals surface area contributed by atoms with E-state index < -0.39 is 75.7 Å². The van der Waals surface area contributed by atoms with Crippen molar-refractivity contribution in [1.82, 2.24) is 10.2 Å². The Hall–Kier alpha value is -5.21. The maximum atomic E-state index is 14.1. The molecule has 236 valence electrons. The maximum absolute atomic E-state index is 14.1. The molecule has 0 unspecified atom stereocenters. The maximum Gasteiger partial charge on any atom is 0.326 e. The molecule has 0 radical (unpaired) electrons. The van der Waals surface area contributed by atoms with Crippen molar-refractivity contribution < 1.29 is 44.4 Å². The van der Waals surface area contributed by atoms with Gasteiger partial charge in [-0.2, -0.15) is 0 Å². The van der Waals surface area contributed by atoms with E-state index in [-0.39, 0.29) is 35.2 Å². The second kappa shape index (κ2) is 11.1. The Balaban J connectivity index is 1.61. The number of phenolic OH excluding ortho intramolecular Hbond substituents is 1. The highest BCUT2D eigenvalue weighted by atomic mass is 16.3. The molecule has 14 heteroatoms. The predicted molar refractivity (Wildman–Crippen MR) is 161 cm³/mol. The van der Waals surface area contributed by atoms with Crippen molar-refractivity contribution in [1.29, 1.82) is 0 Å². The quantitative estimate of drug-likeness (QED) is 0.185. The Bertz CT molecular complexity index is 1730. The van der Waals surface area contributed by atoms with Crippen LogP contribution in [0.4, 0.5) is 16.2 Å². The Kier molecular flexibility index (Phi) is 7.67. The molecule has 4 amide bonds. The highest BCUT2D eigenvalue weighted by Gasteiger charge is 2.64. The number of hydrogen-bond acceptors (Lipinski definition) is 11. The second-order valence-electron chi connectivity index (χ2n) is 11.8. The number of nitrogens with one attached hydrogen (secondary N) is 2. The molecule has 14 nitrogen and oxygen atoms in total. The van der Waals surface area contributed by atoms with E-state index in [1.807, 2.05) is 0 Å². The van der Waals surface area contributed by atoms with E-state index in [0.29, 0.717) is 11.3 Å². The monoisotopic (exact) mass is 619 g/mol. The zero-order valence-corrected chi connectivity index (χ0v) is 24.9. The number of carbonyl (C=O) groups is 5. The van der Waals surface area contributed by atoms with E-state index >= 15 is 0 Å². The molecule has 0 aromatic heterocycles. The van der Waals surface area contributed by atoms with Gasteiger partial charge in [-0.25, -0.2) is 4.79 Å². The fraction of sp³-hybridized carbons (Fsp3) is 0.323. The first-order chi connectivity index (χ1) is 21.1. The van der Waals surface area contributed by atoms with Crippen LogP contribution < -0.4 is 21.3 Å². The standard InChI is InChI=1S/C31H33N5O9/c1-35(2)18-12-17(33-30(44)34-29(43)13-8-6-5-7-9-13)23(37)20-15(18)10-14-11-16-22(36(3)4)25(39)21(28(32)42)27(41)31(16,45)26(40)19(14)24(20)38/h5-9,12,14,16,22,37-38,41,45H,10-11H2,1-4H3,(H2,32,42)(H2,33,34,43,44)/t14-,16-,22-,31+/m0/s1. The smallest absolute Gasteiger partial charge is 0.326 e. The van der Waals surface area contributed by atoms with Crippen LogP contribution >= 0.6 is 0 Å². The van der Waals surface area contributed by atoms with Crippen molar-refractivity contribution in [3.63, 3.8) is 0 Å². The summed E-state index contributed by atoms with van der Waals surface area (Å²) >= 11 is 0. The minimum Gasteiger partial charge on any atom is -0.508 e. The van der Waals surface area contributed by atoms with Crippen LogP contribution in [0.1, 0.15) is 27.9 Å². The Morgan fingerprint density at radius 1 is 1.02 bits per heavy atom. The lowest BCUT2D eigenvalue weighted by molar-refractivity contribution is -0.153. The van der Waals surface area contributed by atoms with Crippen molar-refractivity contribution in [2.75, 3.05) is 38.4 Å². The third-order valence-electron chi connectivity index (χ3n) is 8.69. The molecule has 45 heavy (non-hydrogen) atoms. The Morgan fingerprint density at radius 2 is 1.67 bits per heavy atom. The van der Waals surface area contributed by atoms with E-state index in [0.717, 1.165) is 0 Å². The number of rotatable bonds is 5. The topological polar surface area (TPSA) is 223 Å². The number of anilines is 2. The van der Waals surface area contributed by atoms with Gasteiger partial charge in [0.25, 0.3) is 11.8 Å². The highest BCUT2D eigenvalue weighted by molar-refractivity contribution is 6.24. The second-order valence-corrected chi connectivity index (χ2v) is 11.8. The van der Waals surface area contributed by atoms with Gasteiger partial charge >= 0.3 is 6.03 Å². The number of carbonyl (C=O) groups excluding carboxylic acids is 5. The van der Waals surface area contributed by atoms with E-state index in [4.69, 9.17) is 5.73 Å². The number of aliphatic hydroxyl groups is 3. The zero-order valence-electron chi connectivity index (χ0n) is 24.9. The number of imide groups is 1. The summed E-state index contributed by atoms with van der Waals surface area (Å²) in [6.45, 7) is 0. The number of phenols is 1. The number of fused-ring (bicyclic) bond motifs is 3. The minimum atomic E-state index is -2.78. The van der Waals surface area contributed by atoms with Gasteiger partial charge in [0.2, 0.25) is 5.78 Å². The molecule has 8 N–H and O–H groups in total. The van der Waals surface area contributed by atoms with Gasteiger partial charge in [-0.15, -0.1) is 0 Å². The van der Waals surface area contributed by atoms with Crippen LogP contribution in [0.3, 0.4) is 0 Å². The summed E-state index contributed by atoms with van der Waals surface area (Å²) in [6, 6.07) is 7.22. The Labute approximate surface area is 257 Å². The molecule has 2 aromatic carbocycles. The van der Waals surface area contributed by atoms with Gasteiger partial charge in [-0.1, -0.05) is 18.2 Å². The van der Waals surface area contributed by atoms with Gasteiger partial charge in [0.15, 0.2) is 17.1 Å². The number of ketones is 2. The Morgan fingerprint density at radius 3 is 2.24 bits per heavy atom. The first-order valence-electron chi connectivity index (χ1n) is 14.0. The number of aromatic hydroxyl groups is 1. The molecule has 3 aliphatic rings. The molecular formula is C31H33N5O9. The third-order valence-corrected chi connectivity index (χ3v) is 8.69. The van der Waals surface area contributed by atoms with Gasteiger partial charge in [-0.05, 0) is 56.6 Å². The molecule has 3 aliphatic carbocycles. The molecular weight excluding hydrogens is 586 g/mol. The molecule has 0 aliphatic heterocycles. The van der Waals surface area contributed by atoms with Crippen molar-refractivity contribution >= 4 is 46.5 Å². The lowest BCUT2D eigenvalue weighted by Gasteiger charge is -2.50. The average molecular weight is 620 g/mol. The first kappa shape index (κ1) is 31.2. The van der Waals surface area contributed by atoms with Crippen LogP contribution in [0.25, 0.3) is 5.76 Å². The van der Waals surface area contributed by atoms with Crippen molar-refractivity contribution in [3.05, 3.63) is 70.0 Å². The fourth-order valence-corrected chi connectivity index (χ4v) is 6.70. The van der Waals surface area contributed by atoms with E-state index in [1.54, 1.807) is 37.2 Å². The molecule has 0 saturated heterocycles. The summed E-state index contributed by atoms with van der Waals surface area (Å²) in [6.07, 6.45) is -0.00201. The van der Waals surface area contributed by atoms with E-state index in [9.17, 15) is 44.4 Å². The van der Waals surface area contributed by atoms with Crippen LogP contribution in [0, 0.1) is 11.8 Å². The van der Waals surface area contributed by atoms with Gasteiger partial charge < -0.3 is 36.4 Å². The lowest BCUT2D eigenvalue weighted by Crippen LogP contribution is -2.65. The highest BCUT2D eigenvalue weighted by Crippen LogP contribution is 2.54. The molecule has 2 aromatic rings. The number of aliphatic hydroxyl groups excluding tert-OH is 2. The van der Waals surface area contributed by atoms with Crippen molar-refractivity contribution in [2.45, 2.75) is 24.5 Å². The summed E-state index contributed by atoms with van der Waals surface area (Å²) < 4.78 is 0. The summed E-state index contributed by atoms with van der Waals surface area (Å²) in [5, 5.41) is 50.3. The number of nitrogens with two attached hydrogens (primary N) is 1. The molecule has 0 spiro atoms. The molecule has 4 atom stereocenters. The number of hydrogen-bond donors (Lipinski definition) is 7. The molecule has 5 rings (SSSR count). The predicted octanol–water partition coefficient (Wildman–Crippen LogP) is 0.992. The largest absolute Gasteiger partial charge is 0.508 e. The number of nitrogens with zero attached hydrogens (tertiary/aromatic N) is 2. The van der Waals surface area contributed by atoms with Crippen molar-refractivity contribution in [2.24, 2.45) is 17.6 Å². The minimum absolute atomic E-state index is 0.0641. The van der Waals surface area contributed by atoms with Crippen molar-refractivity contribution in [3.8, 4) is 5.75 Å². The fourth-order valence-electron chi connectivity index (χ4n) is 6.70. The van der Waals surface area contributed by atoms with E-state index in [1.165, 1.54) is 37.2 Å². The normalized spacial score (nSPS) is 24.1. The zero-order chi connectivity index (χ0) is 33.1. The van der Waals surface area contributed by atoms with Crippen LogP contribution in [0.15, 0.2) is 53.3 Å². The van der Waals surface area contributed by atoms with Gasteiger partial charge in [0.05, 0.1) is 17.3 Å². The molecule has 0 heterocycles. The van der Waals surface area contributed by atoms with Crippen LogP contribution in [0.2, 0.25) is 0 Å². The average Bonchev–Trinajstić information content (AvgIpc) is 2.96. The number of Topliss-reactive ketones (excluding diaryl/α,β-unsaturated/α-hetero) is 2. The van der Waals surface area contributed by atoms with Crippen LogP contribution in [-0.4, -0.2) is 94.6 Å². The third kappa shape index (κ3) is 4.78. The van der Waals surface area contributed by atoms with Crippen LogP contribution in [0.5, 0.6) is 5.75 Å². The SMILES string of the molecule is CN(C)c1cc(NC(=O)NC(=O)c2ccccc2)c(O)c2c1C[C@H]1C[C@H]3[C@H](N(C)C)C(=O)C(C(N)=O)=C(O)[C@]3(O)C(=O)C1=C2O. The summed E-state index contributed by atoms with van der Waals surface area (Å²) in [4.78, 5) is 67.9. The van der Waals surface area contributed by atoms with Gasteiger partial charge in [0, 0.05) is 36.8 Å². The van der Waals surface area contributed by atoms with Gasteiger partial charge in [0.1, 0.15) is 17.1 Å². The summed E-state index contributed by atoms with van der Waals surface area (Å²) in [5.74, 6) is -8.52. The number of amides is 4. The van der Waals surface area contributed by atoms with Gasteiger partial charge in [-0.3, -0.25) is 29.4 Å². The number of primary amides is 1. The number of urea groups is 1. The number of likely N-dealkylation sites (N-methyl/N-ethyl adjacent to an activating group) is 1. The first-order valence-corrected chi connectivity index (χ1v) is 14.0. The van der Waals surface area contributed by atoms with Crippen LogP contribution in [-0.2, 0) is 20.8 Å². The summed E-state index contributed by atoms with van der Waals surface area (Å²) in [7, 11) is 6.42.